The molecular weight excluding hydrogens is 260 g/mol. The van der Waals surface area contributed by atoms with Crippen molar-refractivity contribution >= 4 is 28.4 Å². The maximum absolute atomic E-state index is 12.3. The number of halogens is 1. The number of rotatable bonds is 2. The smallest absolute Gasteiger partial charge is 0.228 e. The molecule has 3 rings (SSSR count). The highest BCUT2D eigenvalue weighted by atomic mass is 35.5. The molecule has 0 fully saturated rings. The van der Waals surface area contributed by atoms with Crippen molar-refractivity contribution in [1.82, 2.24) is 0 Å². The van der Waals surface area contributed by atoms with E-state index in [-0.39, 0.29) is 5.78 Å². The third kappa shape index (κ3) is 2.15. The van der Waals surface area contributed by atoms with Crippen molar-refractivity contribution in [3.8, 4) is 0 Å². The van der Waals surface area contributed by atoms with Crippen molar-refractivity contribution in [2.24, 2.45) is 0 Å². The van der Waals surface area contributed by atoms with Gasteiger partial charge in [-0.3, -0.25) is 4.79 Å². The van der Waals surface area contributed by atoms with Crippen molar-refractivity contribution in [1.29, 1.82) is 0 Å². The second-order valence-electron chi connectivity index (χ2n) is 4.46. The number of carbonyl (C=O) groups excluding carboxylic acids is 1. The molecular formula is C16H11ClO2. The number of hydrogen-bond donors (Lipinski definition) is 0. The summed E-state index contributed by atoms with van der Waals surface area (Å²) in [7, 11) is 0. The minimum absolute atomic E-state index is 0.132. The molecule has 19 heavy (non-hydrogen) atoms. The highest BCUT2D eigenvalue weighted by molar-refractivity contribution is 6.35. The Morgan fingerprint density at radius 3 is 2.53 bits per heavy atom. The maximum Gasteiger partial charge on any atom is 0.228 e. The number of aryl methyl sites for hydroxylation is 1. The van der Waals surface area contributed by atoms with Crippen LogP contribution in [-0.4, -0.2) is 5.78 Å². The van der Waals surface area contributed by atoms with E-state index in [1.165, 1.54) is 0 Å². The predicted molar refractivity (Wildman–Crippen MR) is 75.8 cm³/mol. The van der Waals surface area contributed by atoms with Crippen LogP contribution < -0.4 is 0 Å². The van der Waals surface area contributed by atoms with Crippen molar-refractivity contribution < 1.29 is 9.21 Å². The third-order valence-electron chi connectivity index (χ3n) is 3.05. The molecule has 0 aliphatic rings. The van der Waals surface area contributed by atoms with E-state index in [4.69, 9.17) is 16.0 Å². The van der Waals surface area contributed by atoms with Crippen molar-refractivity contribution in [3.63, 3.8) is 0 Å². The number of benzene rings is 2. The van der Waals surface area contributed by atoms with Gasteiger partial charge in [0.25, 0.3) is 0 Å². The van der Waals surface area contributed by atoms with E-state index in [2.05, 4.69) is 0 Å². The highest BCUT2D eigenvalue weighted by Gasteiger charge is 2.15. The summed E-state index contributed by atoms with van der Waals surface area (Å²) < 4.78 is 5.56. The van der Waals surface area contributed by atoms with Crippen LogP contribution in [0.3, 0.4) is 0 Å². The molecule has 0 bridgehead atoms. The van der Waals surface area contributed by atoms with Gasteiger partial charge in [0, 0.05) is 10.9 Å². The van der Waals surface area contributed by atoms with Crippen LogP contribution in [0.2, 0.25) is 5.02 Å². The average Bonchev–Trinajstić information content (AvgIpc) is 2.84. The molecule has 1 aromatic heterocycles. The van der Waals surface area contributed by atoms with Crippen LogP contribution in [0.25, 0.3) is 11.0 Å². The second kappa shape index (κ2) is 4.56. The summed E-state index contributed by atoms with van der Waals surface area (Å²) in [6, 6.07) is 14.5. The predicted octanol–water partition coefficient (Wildman–Crippen LogP) is 4.63. The van der Waals surface area contributed by atoms with Crippen LogP contribution in [-0.2, 0) is 0 Å². The Labute approximate surface area is 115 Å². The van der Waals surface area contributed by atoms with Crippen LogP contribution in [0.5, 0.6) is 0 Å². The first-order chi connectivity index (χ1) is 9.15. The third-order valence-corrected chi connectivity index (χ3v) is 3.38. The average molecular weight is 271 g/mol. The number of ketones is 1. The first-order valence-electron chi connectivity index (χ1n) is 5.94. The van der Waals surface area contributed by atoms with E-state index in [0.29, 0.717) is 21.9 Å². The summed E-state index contributed by atoms with van der Waals surface area (Å²) in [5.41, 5.74) is 2.35. The maximum atomic E-state index is 12.3. The molecule has 0 atom stereocenters. The molecule has 0 spiro atoms. The second-order valence-corrected chi connectivity index (χ2v) is 4.86. The molecule has 0 radical (unpaired) electrons. The fraction of sp³-hybridized carbons (Fsp3) is 0.0625. The van der Waals surface area contributed by atoms with Crippen LogP contribution in [0, 0.1) is 6.92 Å². The van der Waals surface area contributed by atoms with E-state index < -0.39 is 0 Å². The van der Waals surface area contributed by atoms with Gasteiger partial charge in [0.15, 0.2) is 5.76 Å². The SMILES string of the molecule is Cc1ccc(C(=O)c2cc3c(Cl)cccc3o2)cc1. The lowest BCUT2D eigenvalue weighted by Gasteiger charge is -1.97. The zero-order valence-corrected chi connectivity index (χ0v) is 11.1. The fourth-order valence-corrected chi connectivity index (χ4v) is 2.20. The van der Waals surface area contributed by atoms with Crippen molar-refractivity contribution in [2.75, 3.05) is 0 Å². The van der Waals surface area contributed by atoms with Gasteiger partial charge in [-0.15, -0.1) is 0 Å². The molecule has 2 nitrogen and oxygen atoms in total. The Morgan fingerprint density at radius 1 is 1.11 bits per heavy atom. The number of hydrogen-bond acceptors (Lipinski definition) is 2. The summed E-state index contributed by atoms with van der Waals surface area (Å²) in [5.74, 6) is 0.180. The Kier molecular flexibility index (Phi) is 2.88. The van der Waals surface area contributed by atoms with Gasteiger partial charge in [0.1, 0.15) is 5.58 Å². The lowest BCUT2D eigenvalue weighted by atomic mass is 10.1. The van der Waals surface area contributed by atoms with Gasteiger partial charge in [-0.05, 0) is 25.1 Å². The van der Waals surface area contributed by atoms with E-state index in [0.717, 1.165) is 10.9 Å². The first-order valence-corrected chi connectivity index (χ1v) is 6.32. The van der Waals surface area contributed by atoms with Gasteiger partial charge in [0.05, 0.1) is 5.02 Å². The molecule has 0 amide bonds. The largest absolute Gasteiger partial charge is 0.453 e. The number of carbonyl (C=O) groups is 1. The van der Waals surface area contributed by atoms with Crippen LogP contribution in [0.1, 0.15) is 21.7 Å². The molecule has 0 N–H and O–H groups in total. The quantitative estimate of drug-likeness (QED) is 0.636. The van der Waals surface area contributed by atoms with E-state index in [9.17, 15) is 4.79 Å². The molecule has 1 heterocycles. The minimum atomic E-state index is -0.132. The van der Waals surface area contributed by atoms with Crippen molar-refractivity contribution in [2.45, 2.75) is 6.92 Å². The first kappa shape index (κ1) is 12.0. The van der Waals surface area contributed by atoms with Gasteiger partial charge >= 0.3 is 0 Å². The van der Waals surface area contributed by atoms with E-state index in [1.807, 2.05) is 19.1 Å². The zero-order chi connectivity index (χ0) is 13.4. The van der Waals surface area contributed by atoms with Gasteiger partial charge in [0.2, 0.25) is 5.78 Å². The zero-order valence-electron chi connectivity index (χ0n) is 10.3. The molecule has 94 valence electrons. The van der Waals surface area contributed by atoms with Crippen molar-refractivity contribution in [3.05, 3.63) is 70.4 Å². The van der Waals surface area contributed by atoms with Crippen LogP contribution in [0.4, 0.5) is 0 Å². The Morgan fingerprint density at radius 2 is 1.84 bits per heavy atom. The summed E-state index contributed by atoms with van der Waals surface area (Å²) in [5, 5.41) is 1.35. The molecule has 0 unspecified atom stereocenters. The molecule has 0 saturated carbocycles. The molecule has 0 saturated heterocycles. The summed E-state index contributed by atoms with van der Waals surface area (Å²) in [6.07, 6.45) is 0. The summed E-state index contributed by atoms with van der Waals surface area (Å²) in [4.78, 5) is 12.3. The topological polar surface area (TPSA) is 30.2 Å². The molecule has 2 aromatic carbocycles. The van der Waals surface area contributed by atoms with Gasteiger partial charge < -0.3 is 4.42 Å². The monoisotopic (exact) mass is 270 g/mol. The van der Waals surface area contributed by atoms with E-state index >= 15 is 0 Å². The normalized spacial score (nSPS) is 10.8. The van der Waals surface area contributed by atoms with Gasteiger partial charge in [-0.25, -0.2) is 0 Å². The summed E-state index contributed by atoms with van der Waals surface area (Å²) >= 11 is 6.07. The molecule has 3 heteroatoms. The van der Waals surface area contributed by atoms with Crippen LogP contribution >= 0.6 is 11.6 Å². The lowest BCUT2D eigenvalue weighted by molar-refractivity contribution is 0.101. The Balaban J connectivity index is 2.06. The van der Waals surface area contributed by atoms with Gasteiger partial charge in [-0.2, -0.15) is 0 Å². The molecule has 0 aliphatic carbocycles. The van der Waals surface area contributed by atoms with E-state index in [1.54, 1.807) is 36.4 Å². The molecule has 0 aliphatic heterocycles. The summed E-state index contributed by atoms with van der Waals surface area (Å²) in [6.45, 7) is 1.98. The minimum Gasteiger partial charge on any atom is -0.453 e. The Hall–Kier alpha value is -2.06. The number of furan rings is 1. The van der Waals surface area contributed by atoms with Gasteiger partial charge in [-0.1, -0.05) is 47.5 Å². The number of fused-ring (bicyclic) bond motifs is 1. The standard InChI is InChI=1S/C16H11ClO2/c1-10-5-7-11(8-6-10)16(18)15-9-12-13(17)3-2-4-14(12)19-15/h2-9H,1H3. The highest BCUT2D eigenvalue weighted by Crippen LogP contribution is 2.27. The Bertz CT molecular complexity index is 754. The van der Waals surface area contributed by atoms with Crippen LogP contribution in [0.15, 0.2) is 52.9 Å². The molecule has 3 aromatic rings. The lowest BCUT2D eigenvalue weighted by Crippen LogP contribution is -1.98. The fourth-order valence-electron chi connectivity index (χ4n) is 1.98.